The van der Waals surface area contributed by atoms with E-state index in [9.17, 15) is 15.0 Å². The Morgan fingerprint density at radius 2 is 1.97 bits per heavy atom. The molecule has 5 atom stereocenters. The van der Waals surface area contributed by atoms with Crippen LogP contribution in [-0.2, 0) is 20.8 Å². The van der Waals surface area contributed by atoms with Crippen LogP contribution < -0.4 is 10.1 Å². The van der Waals surface area contributed by atoms with Gasteiger partial charge in [0.1, 0.15) is 30.1 Å². The van der Waals surface area contributed by atoms with Crippen LogP contribution in [0.4, 0.5) is 0 Å². The molecule has 3 heterocycles. The first-order valence-electron chi connectivity index (χ1n) is 11.4. The van der Waals surface area contributed by atoms with Gasteiger partial charge in [-0.1, -0.05) is 29.3 Å². The SMILES string of the molecule is COc1ccc2c(C3=N[C@H]4[C@@H](O3)O[C@H](CNC(C)=O)[C@@H](O)[C@@H]4O)cn(Cc3ccc(Cl)c(Cl)c3)c2c1. The van der Waals surface area contributed by atoms with Crippen molar-refractivity contribution < 1.29 is 29.2 Å². The Morgan fingerprint density at radius 1 is 1.17 bits per heavy atom. The van der Waals surface area contributed by atoms with Gasteiger partial charge in [-0.15, -0.1) is 0 Å². The summed E-state index contributed by atoms with van der Waals surface area (Å²) >= 11 is 12.3. The first-order valence-corrected chi connectivity index (χ1v) is 12.1. The molecular formula is C25H25Cl2N3O6. The van der Waals surface area contributed by atoms with Gasteiger partial charge in [0.25, 0.3) is 0 Å². The standard InChI is InChI=1S/C25H25Cl2N3O6/c1-12(31)28-9-20-22(32)23(33)21-25(35-20)36-24(29-21)16-11-30(10-13-3-6-17(26)18(27)7-13)19-8-14(34-2)4-5-15(16)19/h3-8,11,20-23,25,32-33H,9-10H2,1-2H3,(H,28,31)/t20-,21-,22-,23-,25-/m1/s1. The molecule has 2 aromatic carbocycles. The predicted octanol–water partition coefficient (Wildman–Crippen LogP) is 2.73. The first-order chi connectivity index (χ1) is 17.2. The van der Waals surface area contributed by atoms with E-state index < -0.39 is 30.6 Å². The number of nitrogens with one attached hydrogen (secondary N) is 1. The zero-order chi connectivity index (χ0) is 25.6. The molecule has 0 spiro atoms. The number of aromatic nitrogens is 1. The molecule has 11 heteroatoms. The normalized spacial score (nSPS) is 25.3. The van der Waals surface area contributed by atoms with E-state index in [4.69, 9.17) is 37.4 Å². The van der Waals surface area contributed by atoms with Crippen LogP contribution in [0.2, 0.25) is 10.0 Å². The summed E-state index contributed by atoms with van der Waals surface area (Å²) in [5, 5.41) is 25.6. The lowest BCUT2D eigenvalue weighted by Gasteiger charge is -2.37. The number of hydrogen-bond donors (Lipinski definition) is 3. The number of carbonyl (C=O) groups is 1. The van der Waals surface area contributed by atoms with Crippen molar-refractivity contribution >= 4 is 45.9 Å². The number of amides is 1. The summed E-state index contributed by atoms with van der Waals surface area (Å²) in [6.45, 7) is 1.90. The highest BCUT2D eigenvalue weighted by molar-refractivity contribution is 6.42. The molecule has 1 saturated heterocycles. The third-order valence-corrected chi connectivity index (χ3v) is 7.11. The van der Waals surface area contributed by atoms with Crippen LogP contribution in [0.15, 0.2) is 47.6 Å². The zero-order valence-corrected chi connectivity index (χ0v) is 21.0. The van der Waals surface area contributed by atoms with Crippen LogP contribution in [0.5, 0.6) is 5.75 Å². The Hall–Kier alpha value is -2.82. The monoisotopic (exact) mass is 533 g/mol. The first kappa shape index (κ1) is 24.9. The van der Waals surface area contributed by atoms with Gasteiger partial charge < -0.3 is 34.3 Å². The smallest absolute Gasteiger partial charge is 0.227 e. The highest BCUT2D eigenvalue weighted by Gasteiger charge is 2.49. The fraction of sp³-hybridized carbons (Fsp3) is 0.360. The quantitative estimate of drug-likeness (QED) is 0.448. The van der Waals surface area contributed by atoms with Gasteiger partial charge >= 0.3 is 0 Å². The zero-order valence-electron chi connectivity index (χ0n) is 19.5. The molecule has 190 valence electrons. The minimum absolute atomic E-state index is 0.0399. The van der Waals surface area contributed by atoms with E-state index in [-0.39, 0.29) is 12.5 Å². The molecule has 1 amide bonds. The van der Waals surface area contributed by atoms with Gasteiger partial charge in [0.05, 0.1) is 28.2 Å². The van der Waals surface area contributed by atoms with Gasteiger partial charge in [0, 0.05) is 37.7 Å². The third kappa shape index (κ3) is 4.65. The highest BCUT2D eigenvalue weighted by Crippen LogP contribution is 2.34. The number of nitrogens with zero attached hydrogens (tertiary/aromatic N) is 2. The second-order valence-corrected chi connectivity index (χ2v) is 9.62. The van der Waals surface area contributed by atoms with Crippen molar-refractivity contribution in [2.24, 2.45) is 4.99 Å². The molecule has 0 bridgehead atoms. The minimum Gasteiger partial charge on any atom is -0.497 e. The van der Waals surface area contributed by atoms with Crippen LogP contribution in [0.25, 0.3) is 10.9 Å². The second kappa shape index (κ2) is 9.91. The molecule has 2 aliphatic rings. The van der Waals surface area contributed by atoms with Crippen LogP contribution >= 0.6 is 23.2 Å². The number of aliphatic hydroxyl groups excluding tert-OH is 2. The molecule has 0 aliphatic carbocycles. The summed E-state index contributed by atoms with van der Waals surface area (Å²) in [5.74, 6) is 0.713. The number of hydrogen-bond acceptors (Lipinski definition) is 7. The molecule has 9 nitrogen and oxygen atoms in total. The van der Waals surface area contributed by atoms with Gasteiger partial charge in [-0.2, -0.15) is 0 Å². The number of aliphatic hydroxyl groups is 2. The third-order valence-electron chi connectivity index (χ3n) is 6.37. The Morgan fingerprint density at radius 3 is 2.69 bits per heavy atom. The van der Waals surface area contributed by atoms with E-state index >= 15 is 0 Å². The number of methoxy groups -OCH3 is 1. The molecular weight excluding hydrogens is 509 g/mol. The molecule has 36 heavy (non-hydrogen) atoms. The van der Waals surface area contributed by atoms with E-state index in [0.29, 0.717) is 33.8 Å². The van der Waals surface area contributed by atoms with Crippen molar-refractivity contribution in [2.45, 2.75) is 44.1 Å². The maximum Gasteiger partial charge on any atom is 0.227 e. The largest absolute Gasteiger partial charge is 0.497 e. The summed E-state index contributed by atoms with van der Waals surface area (Å²) in [6.07, 6.45) is -2.28. The number of carbonyl (C=O) groups excluding carboxylic acids is 1. The fourth-order valence-corrected chi connectivity index (χ4v) is 4.83. The molecule has 0 unspecified atom stereocenters. The summed E-state index contributed by atoms with van der Waals surface area (Å²) < 4.78 is 19.3. The van der Waals surface area contributed by atoms with Crippen molar-refractivity contribution in [2.75, 3.05) is 13.7 Å². The van der Waals surface area contributed by atoms with Gasteiger partial charge in [0.2, 0.25) is 18.1 Å². The maximum atomic E-state index is 11.3. The Balaban J connectivity index is 1.48. The number of benzene rings is 2. The number of halogens is 2. The van der Waals surface area contributed by atoms with Crippen LogP contribution in [-0.4, -0.2) is 70.9 Å². The van der Waals surface area contributed by atoms with Gasteiger partial charge in [-0.25, -0.2) is 4.99 Å². The lowest BCUT2D eigenvalue weighted by atomic mass is 9.97. The highest BCUT2D eigenvalue weighted by atomic mass is 35.5. The van der Waals surface area contributed by atoms with Crippen molar-refractivity contribution in [3.8, 4) is 5.75 Å². The van der Waals surface area contributed by atoms with Crippen molar-refractivity contribution in [1.82, 2.24) is 9.88 Å². The summed E-state index contributed by atoms with van der Waals surface area (Å²) in [6, 6.07) is 10.3. The summed E-state index contributed by atoms with van der Waals surface area (Å²) in [7, 11) is 1.60. The van der Waals surface area contributed by atoms with E-state index in [0.717, 1.165) is 16.5 Å². The van der Waals surface area contributed by atoms with E-state index in [2.05, 4.69) is 10.3 Å². The van der Waals surface area contributed by atoms with Gasteiger partial charge in [-0.05, 0) is 29.8 Å². The Kier molecular flexibility index (Phi) is 6.84. The maximum absolute atomic E-state index is 11.3. The van der Waals surface area contributed by atoms with Crippen molar-refractivity contribution in [1.29, 1.82) is 0 Å². The molecule has 0 radical (unpaired) electrons. The van der Waals surface area contributed by atoms with E-state index in [1.807, 2.05) is 41.1 Å². The molecule has 2 aliphatic heterocycles. The average molecular weight is 534 g/mol. The molecule has 5 rings (SSSR count). The molecule has 3 aromatic rings. The molecule has 1 fully saturated rings. The van der Waals surface area contributed by atoms with Crippen molar-refractivity contribution in [3.63, 3.8) is 0 Å². The van der Waals surface area contributed by atoms with E-state index in [1.165, 1.54) is 6.92 Å². The number of fused-ring (bicyclic) bond motifs is 2. The van der Waals surface area contributed by atoms with Crippen molar-refractivity contribution in [3.05, 3.63) is 63.8 Å². The lowest BCUT2D eigenvalue weighted by Crippen LogP contribution is -2.58. The van der Waals surface area contributed by atoms with Crippen LogP contribution in [0.3, 0.4) is 0 Å². The summed E-state index contributed by atoms with van der Waals surface area (Å²) in [5.41, 5.74) is 2.52. The van der Waals surface area contributed by atoms with Crippen LogP contribution in [0.1, 0.15) is 18.1 Å². The van der Waals surface area contributed by atoms with Gasteiger partial charge in [-0.3, -0.25) is 4.79 Å². The Labute approximate surface area is 217 Å². The number of ether oxygens (including phenoxy) is 3. The Bertz CT molecular complexity index is 1340. The number of aliphatic imine (C=N–C) groups is 1. The second-order valence-electron chi connectivity index (χ2n) is 8.81. The lowest BCUT2D eigenvalue weighted by molar-refractivity contribution is -0.224. The molecule has 0 saturated carbocycles. The van der Waals surface area contributed by atoms with Gasteiger partial charge in [0.15, 0.2) is 0 Å². The van der Waals surface area contributed by atoms with Crippen LogP contribution in [0, 0.1) is 0 Å². The molecule has 3 N–H and O–H groups in total. The predicted molar refractivity (Wildman–Crippen MR) is 135 cm³/mol. The van der Waals surface area contributed by atoms with E-state index in [1.54, 1.807) is 13.2 Å². The fourth-order valence-electron chi connectivity index (χ4n) is 4.51. The number of rotatable bonds is 6. The average Bonchev–Trinajstić information content (AvgIpc) is 3.44. The molecule has 1 aromatic heterocycles. The summed E-state index contributed by atoms with van der Waals surface area (Å²) in [4.78, 5) is 15.9. The topological polar surface area (TPSA) is 115 Å². The minimum atomic E-state index is -1.23.